The molecule has 0 bridgehead atoms. The number of carboxylic acids is 2. The molecule has 0 saturated heterocycles. The van der Waals surface area contributed by atoms with Gasteiger partial charge in [0.25, 0.3) is 0 Å². The van der Waals surface area contributed by atoms with Crippen molar-refractivity contribution in [3.63, 3.8) is 0 Å². The van der Waals surface area contributed by atoms with Crippen molar-refractivity contribution in [3.8, 4) is 0 Å². The number of carbonyl (C=O) groups is 2. The largest absolute Gasteiger partial charge is 0.478 e. The fraction of sp³-hybridized carbons (Fsp3) is 0.111. The summed E-state index contributed by atoms with van der Waals surface area (Å²) in [6.07, 6.45) is 0. The van der Waals surface area contributed by atoms with Crippen LogP contribution < -0.4 is 0 Å². The summed E-state index contributed by atoms with van der Waals surface area (Å²) in [5.41, 5.74) is 0.680. The quantitative estimate of drug-likeness (QED) is 0.750. The van der Waals surface area contributed by atoms with Crippen LogP contribution in [0.1, 0.15) is 26.3 Å². The zero-order valence-electron chi connectivity index (χ0n) is 7.44. The van der Waals surface area contributed by atoms with Gasteiger partial charge in [-0.1, -0.05) is 0 Å². The number of rotatable bonds is 2. The summed E-state index contributed by atoms with van der Waals surface area (Å²) < 4.78 is 0. The minimum Gasteiger partial charge on any atom is -0.478 e. The van der Waals surface area contributed by atoms with Gasteiger partial charge in [0, 0.05) is 21.7 Å². The van der Waals surface area contributed by atoms with Crippen molar-refractivity contribution in [1.29, 1.82) is 0 Å². The molecule has 0 spiro atoms. The van der Waals surface area contributed by atoms with E-state index in [4.69, 9.17) is 10.2 Å². The minimum absolute atomic E-state index is 0. The molecule has 2 N–H and O–H groups in total. The maximum absolute atomic E-state index is 10.6. The summed E-state index contributed by atoms with van der Waals surface area (Å²) in [7, 11) is 0. The third kappa shape index (κ3) is 2.68. The number of benzene rings is 1. The molecule has 14 heavy (non-hydrogen) atoms. The molecule has 0 aromatic heterocycles. The van der Waals surface area contributed by atoms with Crippen LogP contribution in [0.3, 0.4) is 0 Å². The molecule has 72 valence electrons. The summed E-state index contributed by atoms with van der Waals surface area (Å²) in [5, 5.41) is 17.2. The van der Waals surface area contributed by atoms with Crippen LogP contribution in [0.4, 0.5) is 0 Å². The molecule has 0 aliphatic rings. The van der Waals surface area contributed by atoms with Gasteiger partial charge in [0.05, 0.1) is 11.1 Å². The van der Waals surface area contributed by atoms with E-state index in [9.17, 15) is 9.59 Å². The first kappa shape index (κ1) is 12.9. The average Bonchev–Trinajstić information content (AvgIpc) is 2.03. The average molecular weight is 228 g/mol. The third-order valence-corrected chi connectivity index (χ3v) is 1.70. The summed E-state index contributed by atoms with van der Waals surface area (Å²) >= 11 is 0. The van der Waals surface area contributed by atoms with Crippen LogP contribution in [0.25, 0.3) is 0 Å². The second-order valence-corrected chi connectivity index (χ2v) is 2.64. The van der Waals surface area contributed by atoms with Gasteiger partial charge in [0.2, 0.25) is 0 Å². The van der Waals surface area contributed by atoms with Gasteiger partial charge < -0.3 is 10.2 Å². The Morgan fingerprint density at radius 3 is 2.07 bits per heavy atom. The predicted octanol–water partition coefficient (Wildman–Crippen LogP) is 1.39. The van der Waals surface area contributed by atoms with E-state index in [0.717, 1.165) is 0 Å². The standard InChI is InChI=1S/C9H8O4.Ti/c1-5-4-6(8(10)11)2-3-7(5)9(12)13;/h2-4H,1H3,(H,10,11)(H,12,13);. The van der Waals surface area contributed by atoms with Gasteiger partial charge >= 0.3 is 11.9 Å². The zero-order valence-corrected chi connectivity index (χ0v) is 9.00. The minimum atomic E-state index is -1.06. The summed E-state index contributed by atoms with van der Waals surface area (Å²) in [4.78, 5) is 21.0. The van der Waals surface area contributed by atoms with E-state index in [-0.39, 0.29) is 32.8 Å². The zero-order chi connectivity index (χ0) is 10.0. The maximum Gasteiger partial charge on any atom is 0.335 e. The molecule has 0 fully saturated rings. The Kier molecular flexibility index (Phi) is 4.53. The molecule has 1 aromatic rings. The van der Waals surface area contributed by atoms with Crippen molar-refractivity contribution < 1.29 is 41.5 Å². The molecule has 4 nitrogen and oxygen atoms in total. The Bertz CT molecular complexity index is 373. The van der Waals surface area contributed by atoms with Gasteiger partial charge in [-0.25, -0.2) is 9.59 Å². The number of hydrogen-bond donors (Lipinski definition) is 2. The fourth-order valence-electron chi connectivity index (χ4n) is 1.04. The van der Waals surface area contributed by atoms with Gasteiger partial charge in [-0.15, -0.1) is 0 Å². The van der Waals surface area contributed by atoms with E-state index < -0.39 is 11.9 Å². The van der Waals surface area contributed by atoms with Gasteiger partial charge in [0.1, 0.15) is 0 Å². The van der Waals surface area contributed by atoms with E-state index >= 15 is 0 Å². The van der Waals surface area contributed by atoms with E-state index in [2.05, 4.69) is 0 Å². The van der Waals surface area contributed by atoms with E-state index in [0.29, 0.717) is 5.56 Å². The molecule has 0 aliphatic carbocycles. The third-order valence-electron chi connectivity index (χ3n) is 1.70. The first-order valence-corrected chi connectivity index (χ1v) is 3.59. The molecule has 1 rings (SSSR count). The summed E-state index contributed by atoms with van der Waals surface area (Å²) in [6, 6.07) is 3.91. The first-order chi connectivity index (χ1) is 6.02. The Hall–Kier alpha value is -1.13. The maximum atomic E-state index is 10.6. The van der Waals surface area contributed by atoms with Crippen LogP contribution in [0, 0.1) is 6.92 Å². The molecule has 0 atom stereocenters. The first-order valence-electron chi connectivity index (χ1n) is 3.59. The summed E-state index contributed by atoms with van der Waals surface area (Å²) in [5.74, 6) is -2.10. The molecule has 0 heterocycles. The van der Waals surface area contributed by atoms with Crippen LogP contribution in [-0.4, -0.2) is 22.2 Å². The molecule has 5 heteroatoms. The van der Waals surface area contributed by atoms with Crippen LogP contribution >= 0.6 is 0 Å². The Morgan fingerprint density at radius 1 is 1.14 bits per heavy atom. The molecule has 0 aliphatic heterocycles. The van der Waals surface area contributed by atoms with Crippen LogP contribution in [0.2, 0.25) is 0 Å². The van der Waals surface area contributed by atoms with Crippen molar-refractivity contribution in [1.82, 2.24) is 0 Å². The van der Waals surface area contributed by atoms with Gasteiger partial charge in [-0.2, -0.15) is 0 Å². The number of aryl methyl sites for hydroxylation is 1. The molecule has 0 amide bonds. The van der Waals surface area contributed by atoms with Gasteiger partial charge in [0.15, 0.2) is 0 Å². The van der Waals surface area contributed by atoms with E-state index in [1.54, 1.807) is 6.92 Å². The van der Waals surface area contributed by atoms with Crippen molar-refractivity contribution in [2.24, 2.45) is 0 Å². The van der Waals surface area contributed by atoms with Gasteiger partial charge in [-0.3, -0.25) is 0 Å². The SMILES string of the molecule is Cc1cc(C(=O)O)ccc1C(=O)O.[Ti]. The second-order valence-electron chi connectivity index (χ2n) is 2.64. The Balaban J connectivity index is 0.00000169. The molecule has 0 saturated carbocycles. The number of carboxylic acid groups (broad SMARTS) is 2. The second kappa shape index (κ2) is 4.93. The smallest absolute Gasteiger partial charge is 0.335 e. The van der Waals surface area contributed by atoms with E-state index in [1.165, 1.54) is 18.2 Å². The molecular formula is C9H8O4Ti. The molecule has 1 aromatic carbocycles. The molecular weight excluding hydrogens is 220 g/mol. The van der Waals surface area contributed by atoms with Crippen LogP contribution in [0.5, 0.6) is 0 Å². The Morgan fingerprint density at radius 2 is 1.71 bits per heavy atom. The van der Waals surface area contributed by atoms with Crippen molar-refractivity contribution in [2.75, 3.05) is 0 Å². The summed E-state index contributed by atoms with van der Waals surface area (Å²) in [6.45, 7) is 1.57. The van der Waals surface area contributed by atoms with Crippen LogP contribution in [-0.2, 0) is 21.7 Å². The van der Waals surface area contributed by atoms with Gasteiger partial charge in [-0.05, 0) is 30.7 Å². The van der Waals surface area contributed by atoms with E-state index in [1.807, 2.05) is 0 Å². The predicted molar refractivity (Wildman–Crippen MR) is 45.1 cm³/mol. The fourth-order valence-corrected chi connectivity index (χ4v) is 1.04. The van der Waals surface area contributed by atoms with Crippen molar-refractivity contribution >= 4 is 11.9 Å². The van der Waals surface area contributed by atoms with Crippen molar-refractivity contribution in [3.05, 3.63) is 34.9 Å². The molecule has 0 unspecified atom stereocenters. The number of hydrogen-bond acceptors (Lipinski definition) is 2. The topological polar surface area (TPSA) is 74.6 Å². The molecule has 0 radical (unpaired) electrons. The van der Waals surface area contributed by atoms with Crippen LogP contribution in [0.15, 0.2) is 18.2 Å². The number of aromatic carboxylic acids is 2. The monoisotopic (exact) mass is 228 g/mol. The normalized spacial score (nSPS) is 8.93. The Labute approximate surface area is 95.4 Å². The van der Waals surface area contributed by atoms with Crippen molar-refractivity contribution in [2.45, 2.75) is 6.92 Å².